The van der Waals surface area contributed by atoms with E-state index in [1.54, 1.807) is 6.07 Å². The van der Waals surface area contributed by atoms with Gasteiger partial charge in [-0.1, -0.05) is 6.07 Å². The maximum Gasteiger partial charge on any atom is 0.405 e. The van der Waals surface area contributed by atoms with Crippen LogP contribution in [0.5, 0.6) is 5.75 Å². The lowest BCUT2D eigenvalue weighted by molar-refractivity contribution is -0.198. The molecule has 0 spiro atoms. The number of hydrogen-bond donors (Lipinski definition) is 3. The fourth-order valence-corrected chi connectivity index (χ4v) is 6.06. The lowest BCUT2D eigenvalue weighted by Gasteiger charge is -2.46. The predicted molar refractivity (Wildman–Crippen MR) is 173 cm³/mol. The molecule has 1 fully saturated rings. The molecule has 0 bridgehead atoms. The van der Waals surface area contributed by atoms with Gasteiger partial charge in [-0.3, -0.25) is 9.59 Å². The molecule has 266 valence electrons. The third-order valence-corrected chi connectivity index (χ3v) is 8.42. The van der Waals surface area contributed by atoms with E-state index in [2.05, 4.69) is 30.7 Å². The van der Waals surface area contributed by atoms with Crippen molar-refractivity contribution in [3.05, 3.63) is 95.8 Å². The van der Waals surface area contributed by atoms with Crippen molar-refractivity contribution < 1.29 is 49.8 Å². The smallest absolute Gasteiger partial charge is 0.405 e. The molecule has 3 aromatic carbocycles. The topological polar surface area (TPSA) is 128 Å². The molecule has 16 heteroatoms. The minimum absolute atomic E-state index is 0.0423. The number of alkyl halides is 5. The van der Waals surface area contributed by atoms with Crippen LogP contribution in [0.25, 0.3) is 33.4 Å². The van der Waals surface area contributed by atoms with Gasteiger partial charge in [0.2, 0.25) is 0 Å². The van der Waals surface area contributed by atoms with Crippen molar-refractivity contribution in [3.8, 4) is 28.2 Å². The Kier molecular flexibility index (Phi) is 9.62. The minimum Gasteiger partial charge on any atom is -0.496 e. The highest BCUT2D eigenvalue weighted by atomic mass is 19.4. The average molecular weight is 714 g/mol. The van der Waals surface area contributed by atoms with Gasteiger partial charge >= 0.3 is 12.8 Å². The molecule has 0 saturated heterocycles. The number of aromatic nitrogens is 2. The Bertz CT molecular complexity index is 2070. The van der Waals surface area contributed by atoms with Crippen LogP contribution in [0.15, 0.2) is 77.5 Å². The number of furan rings is 1. The number of methoxy groups -OCH3 is 1. The summed E-state index contributed by atoms with van der Waals surface area (Å²) in [5.41, 5.74) is -0.502. The maximum atomic E-state index is 13.9. The Hall–Kier alpha value is -5.64. The summed E-state index contributed by atoms with van der Waals surface area (Å²) in [4.78, 5) is 35.6. The normalized spacial score (nSPS) is 17.2. The molecule has 3 N–H and O–H groups in total. The number of rotatable bonds is 11. The highest BCUT2D eigenvalue weighted by Crippen LogP contribution is 2.44. The molecule has 10 nitrogen and oxygen atoms in total. The number of carbonyl (C=O) groups excluding carboxylic acids is 2. The molecule has 51 heavy (non-hydrogen) atoms. The molecule has 0 radical (unpaired) electrons. The lowest BCUT2D eigenvalue weighted by Crippen LogP contribution is -2.58. The van der Waals surface area contributed by atoms with E-state index < -0.39 is 48.6 Å². The number of ether oxygens (including phenoxy) is 2. The van der Waals surface area contributed by atoms with Crippen LogP contribution >= 0.6 is 0 Å². The van der Waals surface area contributed by atoms with Gasteiger partial charge in [-0.05, 0) is 54.1 Å². The second-order valence-electron chi connectivity index (χ2n) is 11.7. The first-order valence-electron chi connectivity index (χ1n) is 15.4. The van der Waals surface area contributed by atoms with Crippen molar-refractivity contribution in [3.63, 3.8) is 0 Å². The van der Waals surface area contributed by atoms with Crippen molar-refractivity contribution in [2.45, 2.75) is 37.3 Å². The van der Waals surface area contributed by atoms with E-state index in [0.29, 0.717) is 5.56 Å². The Morgan fingerprint density at radius 1 is 1.00 bits per heavy atom. The average Bonchev–Trinajstić information content (AvgIpc) is 3.47. The van der Waals surface area contributed by atoms with E-state index in [-0.39, 0.29) is 69.1 Å². The number of halogens is 6. The zero-order valence-electron chi connectivity index (χ0n) is 26.9. The van der Waals surface area contributed by atoms with Crippen LogP contribution in [0, 0.1) is 5.82 Å². The monoisotopic (exact) mass is 713 g/mol. The van der Waals surface area contributed by atoms with Crippen LogP contribution in [0.1, 0.15) is 39.4 Å². The van der Waals surface area contributed by atoms with Gasteiger partial charge in [0.15, 0.2) is 5.82 Å². The molecule has 1 saturated carbocycles. The third-order valence-electron chi connectivity index (χ3n) is 8.42. The van der Waals surface area contributed by atoms with Gasteiger partial charge in [0.1, 0.15) is 35.0 Å². The number of anilines is 1. The van der Waals surface area contributed by atoms with Crippen molar-refractivity contribution in [1.29, 1.82) is 0 Å². The minimum atomic E-state index is -4.62. The van der Waals surface area contributed by atoms with Crippen LogP contribution in [-0.2, 0) is 10.3 Å². The summed E-state index contributed by atoms with van der Waals surface area (Å²) in [5, 5.41) is 7.97. The first kappa shape index (κ1) is 35.2. The summed E-state index contributed by atoms with van der Waals surface area (Å²) in [7, 11) is 2.71. The number of fused-ring (bicyclic) bond motifs is 1. The number of nitrogens with one attached hydrogen (secondary N) is 3. The molecular formula is C35H29F6N5O5. The third kappa shape index (κ3) is 7.31. The molecule has 6 rings (SSSR count). The molecule has 1 aliphatic carbocycles. The van der Waals surface area contributed by atoms with Crippen LogP contribution in [0.4, 0.5) is 32.0 Å². The summed E-state index contributed by atoms with van der Waals surface area (Å²) in [6.07, 6.45) is -2.74. The van der Waals surface area contributed by atoms with Crippen LogP contribution in [-0.4, -0.2) is 61.4 Å². The van der Waals surface area contributed by atoms with E-state index >= 15 is 0 Å². The Labute approximate surface area is 286 Å². The van der Waals surface area contributed by atoms with E-state index in [1.807, 2.05) is 0 Å². The number of nitrogens with zero attached hydrogens (tertiary/aromatic N) is 2. The van der Waals surface area contributed by atoms with Gasteiger partial charge in [-0.15, -0.1) is 0 Å². The summed E-state index contributed by atoms with van der Waals surface area (Å²) < 4.78 is 96.1. The van der Waals surface area contributed by atoms with Crippen molar-refractivity contribution in [2.75, 3.05) is 26.0 Å². The Balaban J connectivity index is 1.46. The first-order valence-corrected chi connectivity index (χ1v) is 15.4. The van der Waals surface area contributed by atoms with E-state index in [4.69, 9.17) is 9.15 Å². The largest absolute Gasteiger partial charge is 0.496 e. The molecule has 0 aliphatic heterocycles. The van der Waals surface area contributed by atoms with Gasteiger partial charge in [-0.25, -0.2) is 14.4 Å². The molecule has 1 aliphatic rings. The molecule has 2 aromatic heterocycles. The Morgan fingerprint density at radius 2 is 1.69 bits per heavy atom. The quantitative estimate of drug-likeness (QED) is 0.124. The highest BCUT2D eigenvalue weighted by Gasteiger charge is 2.51. The summed E-state index contributed by atoms with van der Waals surface area (Å²) in [6, 6.07) is 13.8. The number of benzene rings is 3. The van der Waals surface area contributed by atoms with Gasteiger partial charge in [0.25, 0.3) is 11.8 Å². The van der Waals surface area contributed by atoms with Gasteiger partial charge in [0, 0.05) is 60.5 Å². The second-order valence-corrected chi connectivity index (χ2v) is 11.7. The predicted octanol–water partition coefficient (Wildman–Crippen LogP) is 7.07. The number of carbonyl (C=O) groups is 2. The standard InChI is InChI=1S/C35H29F6N5O5/c1-42-31(48)28-23-13-22(25(45-17-35(39,40)41)14-27(23)51-29(28)18-4-7-20(36)8-5-18)19-6-9-26(49-2)24(12-19)30(47)46-34(32-43-10-3-11-44-32)15-21(16-34)50-33(37)38/h3-14,21,33,45H,15-17H2,1-2H3,(H,42,48)(H,46,47). The van der Waals surface area contributed by atoms with Crippen molar-refractivity contribution in [1.82, 2.24) is 20.6 Å². The second kappa shape index (κ2) is 13.9. The fraction of sp³-hybridized carbons (Fsp3) is 0.257. The zero-order chi connectivity index (χ0) is 36.5. The lowest BCUT2D eigenvalue weighted by atomic mass is 9.73. The van der Waals surface area contributed by atoms with E-state index in [0.717, 1.165) is 0 Å². The van der Waals surface area contributed by atoms with E-state index in [9.17, 15) is 35.9 Å². The number of hydrogen-bond acceptors (Lipinski definition) is 8. The van der Waals surface area contributed by atoms with Crippen molar-refractivity contribution in [2.24, 2.45) is 0 Å². The Morgan fingerprint density at radius 3 is 2.31 bits per heavy atom. The summed E-state index contributed by atoms with van der Waals surface area (Å²) >= 11 is 0. The molecule has 2 heterocycles. The highest BCUT2D eigenvalue weighted by molar-refractivity contribution is 6.13. The van der Waals surface area contributed by atoms with Gasteiger partial charge in [0.05, 0.1) is 24.3 Å². The molecule has 2 amide bonds. The molecule has 0 atom stereocenters. The van der Waals surface area contributed by atoms with Crippen molar-refractivity contribution >= 4 is 28.5 Å². The summed E-state index contributed by atoms with van der Waals surface area (Å²) in [6.45, 7) is -4.45. The van der Waals surface area contributed by atoms with Gasteiger partial charge < -0.3 is 29.8 Å². The zero-order valence-corrected chi connectivity index (χ0v) is 26.9. The first-order chi connectivity index (χ1) is 24.3. The van der Waals surface area contributed by atoms with Gasteiger partial charge in [-0.2, -0.15) is 22.0 Å². The van der Waals surface area contributed by atoms with Crippen LogP contribution < -0.4 is 20.7 Å². The molecular weight excluding hydrogens is 684 g/mol. The van der Waals surface area contributed by atoms with Crippen LogP contribution in [0.3, 0.4) is 0 Å². The summed E-state index contributed by atoms with van der Waals surface area (Å²) in [5.74, 6) is -1.49. The van der Waals surface area contributed by atoms with Crippen LogP contribution in [0.2, 0.25) is 0 Å². The molecule has 0 unspecified atom stereocenters. The SMILES string of the molecule is CNC(=O)c1c(-c2ccc(F)cc2)oc2cc(NCC(F)(F)F)c(-c3ccc(OC)c(C(=O)NC4(c5ncccn5)CC(OC(F)F)C4)c3)cc12. The maximum absolute atomic E-state index is 13.9. The number of amides is 2. The van der Waals surface area contributed by atoms with E-state index in [1.165, 1.54) is 81.1 Å². The molecule has 5 aromatic rings. The fourth-order valence-electron chi connectivity index (χ4n) is 6.06.